The lowest BCUT2D eigenvalue weighted by Crippen LogP contribution is -2.12. The highest BCUT2D eigenvalue weighted by molar-refractivity contribution is 7.20. The van der Waals surface area contributed by atoms with Crippen molar-refractivity contribution in [2.45, 2.75) is 13.8 Å². The van der Waals surface area contributed by atoms with E-state index < -0.39 is 11.7 Å². The smallest absolute Gasteiger partial charge is 0.257 e. The van der Waals surface area contributed by atoms with Gasteiger partial charge in [0.2, 0.25) is 10.1 Å². The quantitative estimate of drug-likeness (QED) is 0.579. The molecular formula is C18H13F2N5OS. The van der Waals surface area contributed by atoms with Gasteiger partial charge in [-0.25, -0.2) is 8.78 Å². The Bertz CT molecular complexity index is 1180. The first kappa shape index (κ1) is 17.2. The number of carbonyl (C=O) groups is 1. The van der Waals surface area contributed by atoms with Gasteiger partial charge in [0.15, 0.2) is 5.82 Å². The number of hydrogen-bond acceptors (Lipinski definition) is 5. The highest BCUT2D eigenvalue weighted by Crippen LogP contribution is 2.25. The van der Waals surface area contributed by atoms with Crippen LogP contribution in [0.15, 0.2) is 36.4 Å². The number of amides is 1. The van der Waals surface area contributed by atoms with Crippen molar-refractivity contribution in [2.24, 2.45) is 0 Å². The van der Waals surface area contributed by atoms with Gasteiger partial charge in [-0.1, -0.05) is 29.5 Å². The van der Waals surface area contributed by atoms with E-state index in [0.29, 0.717) is 27.5 Å². The van der Waals surface area contributed by atoms with Crippen LogP contribution >= 0.6 is 11.3 Å². The standard InChI is InChI=1S/C18H13F2N5OS/c1-9-3-5-11(7-13(9)19)15-22-23-18-25(15)24-17(27-18)21-16(26)12-6-4-10(2)14(20)8-12/h3-8H,1-2H3,(H,21,24,26). The summed E-state index contributed by atoms with van der Waals surface area (Å²) in [7, 11) is 0. The molecule has 6 nitrogen and oxygen atoms in total. The number of aryl methyl sites for hydroxylation is 2. The van der Waals surface area contributed by atoms with Crippen LogP contribution in [0.3, 0.4) is 0 Å². The average molecular weight is 385 g/mol. The molecule has 0 bridgehead atoms. The van der Waals surface area contributed by atoms with Crippen molar-refractivity contribution in [1.82, 2.24) is 19.8 Å². The molecular weight excluding hydrogens is 372 g/mol. The molecule has 0 fully saturated rings. The molecule has 1 N–H and O–H groups in total. The van der Waals surface area contributed by atoms with Gasteiger partial charge in [0.05, 0.1) is 0 Å². The molecule has 0 radical (unpaired) electrons. The lowest BCUT2D eigenvalue weighted by atomic mass is 10.1. The van der Waals surface area contributed by atoms with E-state index in [0.717, 1.165) is 11.3 Å². The summed E-state index contributed by atoms with van der Waals surface area (Å²) >= 11 is 1.11. The number of aromatic nitrogens is 4. The van der Waals surface area contributed by atoms with Gasteiger partial charge in [0.25, 0.3) is 5.91 Å². The van der Waals surface area contributed by atoms with Crippen LogP contribution in [0.25, 0.3) is 16.3 Å². The second kappa shape index (κ2) is 6.51. The first-order valence-electron chi connectivity index (χ1n) is 7.98. The Hall–Kier alpha value is -3.20. The highest BCUT2D eigenvalue weighted by atomic mass is 32.1. The Morgan fingerprint density at radius 2 is 1.74 bits per heavy atom. The molecule has 0 spiro atoms. The molecule has 0 aliphatic carbocycles. The lowest BCUT2D eigenvalue weighted by Gasteiger charge is -2.03. The van der Waals surface area contributed by atoms with Gasteiger partial charge in [-0.3, -0.25) is 10.1 Å². The zero-order chi connectivity index (χ0) is 19.1. The van der Waals surface area contributed by atoms with E-state index in [9.17, 15) is 13.6 Å². The van der Waals surface area contributed by atoms with Crippen LogP contribution in [-0.2, 0) is 0 Å². The molecule has 4 aromatic rings. The van der Waals surface area contributed by atoms with Gasteiger partial charge in [-0.15, -0.1) is 15.3 Å². The molecule has 2 heterocycles. The van der Waals surface area contributed by atoms with Crippen molar-refractivity contribution < 1.29 is 13.6 Å². The summed E-state index contributed by atoms with van der Waals surface area (Å²) in [6.45, 7) is 3.29. The number of nitrogens with one attached hydrogen (secondary N) is 1. The first-order valence-corrected chi connectivity index (χ1v) is 8.80. The second-order valence-electron chi connectivity index (χ2n) is 6.01. The average Bonchev–Trinajstić information content (AvgIpc) is 3.20. The Balaban J connectivity index is 1.64. The molecule has 4 rings (SSSR count). The van der Waals surface area contributed by atoms with E-state index in [2.05, 4.69) is 20.6 Å². The molecule has 2 aromatic carbocycles. The number of carbonyl (C=O) groups excluding carboxylic acids is 1. The lowest BCUT2D eigenvalue weighted by molar-refractivity contribution is 0.102. The van der Waals surface area contributed by atoms with Crippen LogP contribution in [0.2, 0.25) is 0 Å². The fourth-order valence-electron chi connectivity index (χ4n) is 2.48. The Kier molecular flexibility index (Phi) is 4.15. The van der Waals surface area contributed by atoms with Gasteiger partial charge in [-0.05, 0) is 43.2 Å². The zero-order valence-corrected chi connectivity index (χ0v) is 15.1. The summed E-state index contributed by atoms with van der Waals surface area (Å²) in [5, 5.41) is 15.2. The predicted molar refractivity (Wildman–Crippen MR) is 97.9 cm³/mol. The largest absolute Gasteiger partial charge is 0.296 e. The van der Waals surface area contributed by atoms with E-state index in [4.69, 9.17) is 0 Å². The second-order valence-corrected chi connectivity index (χ2v) is 6.96. The molecule has 2 aromatic heterocycles. The van der Waals surface area contributed by atoms with Gasteiger partial charge >= 0.3 is 0 Å². The summed E-state index contributed by atoms with van der Waals surface area (Å²) in [4.78, 5) is 12.7. The summed E-state index contributed by atoms with van der Waals surface area (Å²) in [5.41, 5.74) is 1.69. The number of fused-ring (bicyclic) bond motifs is 1. The number of halogens is 2. The maximum atomic E-state index is 13.8. The Morgan fingerprint density at radius 3 is 2.44 bits per heavy atom. The normalized spacial score (nSPS) is 11.1. The van der Waals surface area contributed by atoms with E-state index in [1.165, 1.54) is 28.8 Å². The highest BCUT2D eigenvalue weighted by Gasteiger charge is 2.16. The Labute approximate surface area is 156 Å². The fraction of sp³-hybridized carbons (Fsp3) is 0.111. The maximum Gasteiger partial charge on any atom is 0.257 e. The first-order chi connectivity index (χ1) is 12.9. The molecule has 136 valence electrons. The van der Waals surface area contributed by atoms with Gasteiger partial charge < -0.3 is 0 Å². The monoisotopic (exact) mass is 385 g/mol. The number of hydrogen-bond donors (Lipinski definition) is 1. The molecule has 1 amide bonds. The summed E-state index contributed by atoms with van der Waals surface area (Å²) in [6, 6.07) is 8.97. The summed E-state index contributed by atoms with van der Waals surface area (Å²) < 4.78 is 28.9. The zero-order valence-electron chi connectivity index (χ0n) is 14.3. The summed E-state index contributed by atoms with van der Waals surface area (Å²) in [5.74, 6) is -0.928. The van der Waals surface area contributed by atoms with Crippen LogP contribution in [0.4, 0.5) is 13.9 Å². The van der Waals surface area contributed by atoms with Crippen molar-refractivity contribution in [3.8, 4) is 11.4 Å². The van der Waals surface area contributed by atoms with Crippen molar-refractivity contribution in [1.29, 1.82) is 0 Å². The number of benzene rings is 2. The molecule has 9 heteroatoms. The third kappa shape index (κ3) is 3.17. The Morgan fingerprint density at radius 1 is 1.04 bits per heavy atom. The van der Waals surface area contributed by atoms with Gasteiger partial charge in [-0.2, -0.15) is 4.52 Å². The predicted octanol–water partition coefficient (Wildman–Crippen LogP) is 4.00. The van der Waals surface area contributed by atoms with Crippen LogP contribution in [0.5, 0.6) is 0 Å². The fourth-order valence-corrected chi connectivity index (χ4v) is 3.22. The van der Waals surface area contributed by atoms with Crippen LogP contribution in [0.1, 0.15) is 21.5 Å². The van der Waals surface area contributed by atoms with Crippen molar-refractivity contribution in [3.05, 3.63) is 64.7 Å². The van der Waals surface area contributed by atoms with Crippen molar-refractivity contribution in [3.63, 3.8) is 0 Å². The summed E-state index contributed by atoms with van der Waals surface area (Å²) in [6.07, 6.45) is 0. The van der Waals surface area contributed by atoms with E-state index in [-0.39, 0.29) is 16.5 Å². The number of nitrogens with zero attached hydrogens (tertiary/aromatic N) is 4. The molecule has 0 saturated carbocycles. The molecule has 27 heavy (non-hydrogen) atoms. The van der Waals surface area contributed by atoms with Crippen LogP contribution < -0.4 is 5.32 Å². The minimum atomic E-state index is -0.484. The van der Waals surface area contributed by atoms with Crippen LogP contribution in [-0.4, -0.2) is 25.7 Å². The third-order valence-corrected chi connectivity index (χ3v) is 4.89. The van der Waals surface area contributed by atoms with Gasteiger partial charge in [0, 0.05) is 11.1 Å². The third-order valence-electron chi connectivity index (χ3n) is 4.08. The molecule has 0 saturated heterocycles. The minimum absolute atomic E-state index is 0.185. The van der Waals surface area contributed by atoms with Crippen molar-refractivity contribution >= 4 is 27.3 Å². The SMILES string of the molecule is Cc1ccc(C(=O)Nc2nn3c(-c4ccc(C)c(F)c4)nnc3s2)cc1F. The minimum Gasteiger partial charge on any atom is -0.296 e. The van der Waals surface area contributed by atoms with Crippen LogP contribution in [0, 0.1) is 25.5 Å². The molecule has 0 atom stereocenters. The van der Waals surface area contributed by atoms with Gasteiger partial charge in [0.1, 0.15) is 11.6 Å². The molecule has 0 aliphatic heterocycles. The van der Waals surface area contributed by atoms with E-state index in [1.807, 2.05) is 0 Å². The number of anilines is 1. The van der Waals surface area contributed by atoms with E-state index >= 15 is 0 Å². The topological polar surface area (TPSA) is 72.2 Å². The molecule has 0 aliphatic rings. The number of rotatable bonds is 3. The van der Waals surface area contributed by atoms with E-state index in [1.54, 1.807) is 26.0 Å². The van der Waals surface area contributed by atoms with Crippen molar-refractivity contribution in [2.75, 3.05) is 5.32 Å². The molecule has 0 unspecified atom stereocenters. The maximum absolute atomic E-state index is 13.8.